The molecule has 0 atom stereocenters. The number of hydrogen-bond acceptors (Lipinski definition) is 4. The number of pyridine rings is 1. The molecule has 24 heavy (non-hydrogen) atoms. The molecule has 2 aromatic rings. The van der Waals surface area contributed by atoms with Crippen LogP contribution in [0.25, 0.3) is 0 Å². The number of piperazine rings is 1. The molecule has 1 amide bonds. The first kappa shape index (κ1) is 16.3. The number of benzene rings is 1. The lowest BCUT2D eigenvalue weighted by Crippen LogP contribution is -2.49. The van der Waals surface area contributed by atoms with E-state index in [2.05, 4.69) is 28.9 Å². The van der Waals surface area contributed by atoms with Crippen molar-refractivity contribution in [3.63, 3.8) is 0 Å². The average Bonchev–Trinajstić information content (AvgIpc) is 2.62. The second kappa shape index (κ2) is 7.34. The van der Waals surface area contributed by atoms with Crippen LogP contribution in [-0.4, -0.2) is 47.1 Å². The summed E-state index contributed by atoms with van der Waals surface area (Å²) in [6.07, 6.45) is 2.81. The Labute approximate surface area is 142 Å². The van der Waals surface area contributed by atoms with Gasteiger partial charge in [0.25, 0.3) is 0 Å². The predicted octanol–water partition coefficient (Wildman–Crippen LogP) is 2.38. The van der Waals surface area contributed by atoms with Crippen molar-refractivity contribution in [1.82, 2.24) is 9.88 Å². The number of aromatic hydroxyl groups is 1. The van der Waals surface area contributed by atoms with E-state index in [-0.39, 0.29) is 11.7 Å². The van der Waals surface area contributed by atoms with Crippen molar-refractivity contribution < 1.29 is 9.90 Å². The molecular formula is C19H23N3O2. The van der Waals surface area contributed by atoms with Crippen LogP contribution in [-0.2, 0) is 11.2 Å². The highest BCUT2D eigenvalue weighted by molar-refractivity contribution is 5.76. The summed E-state index contributed by atoms with van der Waals surface area (Å²) in [4.78, 5) is 20.7. The van der Waals surface area contributed by atoms with E-state index >= 15 is 0 Å². The lowest BCUT2D eigenvalue weighted by molar-refractivity contribution is -0.131. The number of anilines is 1. The summed E-state index contributed by atoms with van der Waals surface area (Å²) in [5, 5.41) is 9.31. The van der Waals surface area contributed by atoms with Gasteiger partial charge in [-0.05, 0) is 36.6 Å². The number of nitrogens with zero attached hydrogens (tertiary/aromatic N) is 3. The molecule has 5 nitrogen and oxygen atoms in total. The van der Waals surface area contributed by atoms with Crippen LogP contribution in [0.3, 0.4) is 0 Å². The van der Waals surface area contributed by atoms with E-state index < -0.39 is 0 Å². The topological polar surface area (TPSA) is 56.7 Å². The third kappa shape index (κ3) is 3.85. The van der Waals surface area contributed by atoms with Gasteiger partial charge in [-0.1, -0.05) is 24.3 Å². The van der Waals surface area contributed by atoms with Gasteiger partial charge in [-0.2, -0.15) is 0 Å². The summed E-state index contributed by atoms with van der Waals surface area (Å²) >= 11 is 0. The fraction of sp³-hybridized carbons (Fsp3) is 0.368. The first-order chi connectivity index (χ1) is 11.6. The van der Waals surface area contributed by atoms with E-state index in [4.69, 9.17) is 0 Å². The minimum Gasteiger partial charge on any atom is -0.506 e. The molecule has 1 N–H and O–H groups in total. The predicted molar refractivity (Wildman–Crippen MR) is 94.2 cm³/mol. The van der Waals surface area contributed by atoms with Crippen LogP contribution in [0.15, 0.2) is 42.6 Å². The lowest BCUT2D eigenvalue weighted by Gasteiger charge is -2.35. The van der Waals surface area contributed by atoms with Crippen LogP contribution < -0.4 is 4.90 Å². The summed E-state index contributed by atoms with van der Waals surface area (Å²) in [6.45, 7) is 5.06. The Morgan fingerprint density at radius 1 is 1.12 bits per heavy atom. The minimum absolute atomic E-state index is 0.170. The Bertz CT molecular complexity index is 692. The normalized spacial score (nSPS) is 14.7. The van der Waals surface area contributed by atoms with E-state index in [1.54, 1.807) is 6.07 Å². The molecule has 0 radical (unpaired) electrons. The quantitative estimate of drug-likeness (QED) is 0.938. The Kier molecular flexibility index (Phi) is 4.99. The molecule has 1 aromatic carbocycles. The first-order valence-corrected chi connectivity index (χ1v) is 8.36. The fourth-order valence-corrected chi connectivity index (χ4v) is 3.04. The van der Waals surface area contributed by atoms with Crippen molar-refractivity contribution >= 4 is 11.7 Å². The molecule has 1 aliphatic heterocycles. The van der Waals surface area contributed by atoms with Gasteiger partial charge in [-0.3, -0.25) is 4.79 Å². The average molecular weight is 325 g/mol. The molecule has 2 heterocycles. The third-order valence-electron chi connectivity index (χ3n) is 4.56. The van der Waals surface area contributed by atoms with Gasteiger partial charge in [0.05, 0.1) is 6.20 Å². The van der Waals surface area contributed by atoms with Crippen molar-refractivity contribution in [3.05, 3.63) is 53.7 Å². The molecule has 0 spiro atoms. The van der Waals surface area contributed by atoms with Gasteiger partial charge < -0.3 is 14.9 Å². The van der Waals surface area contributed by atoms with E-state index in [0.717, 1.165) is 38.4 Å². The maximum Gasteiger partial charge on any atom is 0.223 e. The van der Waals surface area contributed by atoms with Gasteiger partial charge in [-0.15, -0.1) is 0 Å². The highest BCUT2D eigenvalue weighted by Crippen LogP contribution is 2.17. The molecule has 5 heteroatoms. The molecule has 1 aromatic heterocycles. The largest absolute Gasteiger partial charge is 0.506 e. The molecule has 1 saturated heterocycles. The number of carbonyl (C=O) groups is 1. The van der Waals surface area contributed by atoms with Crippen molar-refractivity contribution in [1.29, 1.82) is 0 Å². The molecule has 1 fully saturated rings. The highest BCUT2D eigenvalue weighted by atomic mass is 16.3. The van der Waals surface area contributed by atoms with Crippen molar-refractivity contribution in [2.24, 2.45) is 0 Å². The summed E-state index contributed by atoms with van der Waals surface area (Å²) in [5.74, 6) is 1.24. The van der Waals surface area contributed by atoms with Crippen LogP contribution in [0, 0.1) is 6.92 Å². The Morgan fingerprint density at radius 2 is 1.88 bits per heavy atom. The van der Waals surface area contributed by atoms with E-state index in [9.17, 15) is 9.90 Å². The summed E-state index contributed by atoms with van der Waals surface area (Å²) in [6, 6.07) is 11.7. The lowest BCUT2D eigenvalue weighted by atomic mass is 10.0. The van der Waals surface area contributed by atoms with E-state index in [1.165, 1.54) is 17.3 Å². The summed E-state index contributed by atoms with van der Waals surface area (Å²) < 4.78 is 0. The molecule has 3 rings (SSSR count). The Morgan fingerprint density at radius 3 is 2.54 bits per heavy atom. The molecule has 1 aliphatic rings. The first-order valence-electron chi connectivity index (χ1n) is 8.36. The van der Waals surface area contributed by atoms with Gasteiger partial charge in [0.1, 0.15) is 11.6 Å². The fourth-order valence-electron chi connectivity index (χ4n) is 3.04. The van der Waals surface area contributed by atoms with Crippen molar-refractivity contribution in [3.8, 4) is 5.75 Å². The van der Waals surface area contributed by atoms with Gasteiger partial charge in [0.15, 0.2) is 0 Å². The highest BCUT2D eigenvalue weighted by Gasteiger charge is 2.21. The minimum atomic E-state index is 0.170. The molecule has 0 unspecified atom stereocenters. The monoisotopic (exact) mass is 325 g/mol. The van der Waals surface area contributed by atoms with Gasteiger partial charge in [0, 0.05) is 32.6 Å². The van der Waals surface area contributed by atoms with Crippen LogP contribution in [0.2, 0.25) is 0 Å². The number of amides is 1. The zero-order chi connectivity index (χ0) is 16.9. The zero-order valence-electron chi connectivity index (χ0n) is 14.0. The zero-order valence-corrected chi connectivity index (χ0v) is 14.0. The maximum atomic E-state index is 12.4. The summed E-state index contributed by atoms with van der Waals surface area (Å²) in [5.41, 5.74) is 2.49. The Hall–Kier alpha value is -2.56. The number of carbonyl (C=O) groups excluding carboxylic acids is 1. The molecule has 126 valence electrons. The second-order valence-corrected chi connectivity index (χ2v) is 6.17. The molecular weight excluding hydrogens is 302 g/mol. The van der Waals surface area contributed by atoms with Crippen LogP contribution >= 0.6 is 0 Å². The number of hydrogen-bond donors (Lipinski definition) is 1. The van der Waals surface area contributed by atoms with Crippen LogP contribution in [0.5, 0.6) is 5.75 Å². The number of rotatable bonds is 4. The van der Waals surface area contributed by atoms with Gasteiger partial charge in [0.2, 0.25) is 5.91 Å². The third-order valence-corrected chi connectivity index (χ3v) is 4.56. The van der Waals surface area contributed by atoms with Gasteiger partial charge in [-0.25, -0.2) is 4.98 Å². The standard InChI is InChI=1S/C19H23N3O2/c1-15-4-2-3-5-16(15)6-9-19(24)22-12-10-21(11-13-22)18-8-7-17(23)14-20-18/h2-5,7-8,14,23H,6,9-13H2,1H3. The number of aryl methyl sites for hydroxylation is 2. The molecule has 0 saturated carbocycles. The Balaban J connectivity index is 1.50. The van der Waals surface area contributed by atoms with Crippen LogP contribution in [0.4, 0.5) is 5.82 Å². The van der Waals surface area contributed by atoms with Crippen molar-refractivity contribution in [2.45, 2.75) is 19.8 Å². The SMILES string of the molecule is Cc1ccccc1CCC(=O)N1CCN(c2ccc(O)cn2)CC1. The number of aromatic nitrogens is 1. The second-order valence-electron chi connectivity index (χ2n) is 6.17. The summed E-state index contributed by atoms with van der Waals surface area (Å²) in [7, 11) is 0. The van der Waals surface area contributed by atoms with E-state index in [0.29, 0.717) is 6.42 Å². The molecule has 0 bridgehead atoms. The molecule has 0 aliphatic carbocycles. The van der Waals surface area contributed by atoms with Crippen LogP contribution in [0.1, 0.15) is 17.5 Å². The maximum absolute atomic E-state index is 12.4. The smallest absolute Gasteiger partial charge is 0.223 e. The van der Waals surface area contributed by atoms with Gasteiger partial charge >= 0.3 is 0 Å². The van der Waals surface area contributed by atoms with E-state index in [1.807, 2.05) is 23.1 Å². The van der Waals surface area contributed by atoms with Crippen molar-refractivity contribution in [2.75, 3.05) is 31.1 Å².